The zero-order valence-electron chi connectivity index (χ0n) is 11.0. The van der Waals surface area contributed by atoms with Gasteiger partial charge in [0.15, 0.2) is 5.17 Å². The van der Waals surface area contributed by atoms with Gasteiger partial charge in [-0.15, -0.1) is 11.8 Å². The highest BCUT2D eigenvalue weighted by Crippen LogP contribution is 2.59. The summed E-state index contributed by atoms with van der Waals surface area (Å²) in [7, 11) is 0. The van der Waals surface area contributed by atoms with Gasteiger partial charge in [-0.2, -0.15) is 0 Å². The summed E-state index contributed by atoms with van der Waals surface area (Å²) in [4.78, 5) is 18.9. The fourth-order valence-corrected chi connectivity index (χ4v) is 6.42. The molecule has 1 spiro atoms. The van der Waals surface area contributed by atoms with Crippen molar-refractivity contribution in [2.75, 3.05) is 18.8 Å². The second-order valence-electron chi connectivity index (χ2n) is 5.30. The summed E-state index contributed by atoms with van der Waals surface area (Å²) < 4.78 is 12.2. The molecule has 21 heavy (non-hydrogen) atoms. The summed E-state index contributed by atoms with van der Waals surface area (Å²) in [6.07, 6.45) is -0.719. The summed E-state index contributed by atoms with van der Waals surface area (Å²) in [5.41, 5.74) is 0.876. The summed E-state index contributed by atoms with van der Waals surface area (Å²) in [5, 5.41) is 11.0. The van der Waals surface area contributed by atoms with E-state index in [1.165, 1.54) is 23.9 Å². The Morgan fingerprint density at radius 3 is 2.86 bits per heavy atom. The minimum Gasteiger partial charge on any atom is -0.390 e. The first-order valence-electron chi connectivity index (χ1n) is 6.73. The SMILES string of the molecule is O=C1N2CCN=C2SC12C(O)CSC2c1ccc(F)cc1. The smallest absolute Gasteiger partial charge is 0.249 e. The number of benzene rings is 1. The van der Waals surface area contributed by atoms with Crippen molar-refractivity contribution in [1.82, 2.24) is 4.90 Å². The van der Waals surface area contributed by atoms with Gasteiger partial charge in [-0.3, -0.25) is 14.7 Å². The lowest BCUT2D eigenvalue weighted by molar-refractivity contribution is -0.131. The van der Waals surface area contributed by atoms with Gasteiger partial charge in [0.25, 0.3) is 0 Å². The molecule has 0 saturated carbocycles. The van der Waals surface area contributed by atoms with Crippen LogP contribution < -0.4 is 0 Å². The number of hydrogen-bond donors (Lipinski definition) is 1. The zero-order valence-corrected chi connectivity index (χ0v) is 12.7. The molecule has 1 N–H and O–H groups in total. The monoisotopic (exact) mass is 324 g/mol. The maximum atomic E-state index is 13.1. The standard InChI is InChI=1S/C14H13FN2O2S2/c15-9-3-1-8(2-4-9)11-14(10(18)7-20-11)12(19)17-6-5-16-13(17)21-14/h1-4,10-11,18H,5-7H2. The van der Waals surface area contributed by atoms with E-state index in [1.807, 2.05) is 0 Å². The molecule has 3 aliphatic heterocycles. The van der Waals surface area contributed by atoms with Crippen molar-refractivity contribution in [3.63, 3.8) is 0 Å². The quantitative estimate of drug-likeness (QED) is 0.854. The van der Waals surface area contributed by atoms with Crippen molar-refractivity contribution < 1.29 is 14.3 Å². The van der Waals surface area contributed by atoms with E-state index in [9.17, 15) is 14.3 Å². The predicted molar refractivity (Wildman–Crippen MR) is 81.9 cm³/mol. The number of aliphatic hydroxyl groups excluding tert-OH is 1. The Labute approximate surface area is 129 Å². The van der Waals surface area contributed by atoms with Gasteiger partial charge in [0.2, 0.25) is 5.91 Å². The lowest BCUT2D eigenvalue weighted by Crippen LogP contribution is -2.48. The van der Waals surface area contributed by atoms with E-state index >= 15 is 0 Å². The number of hydrogen-bond acceptors (Lipinski definition) is 5. The van der Waals surface area contributed by atoms with Gasteiger partial charge < -0.3 is 5.11 Å². The van der Waals surface area contributed by atoms with Gasteiger partial charge in [0, 0.05) is 12.3 Å². The molecule has 3 heterocycles. The van der Waals surface area contributed by atoms with Gasteiger partial charge in [0.1, 0.15) is 10.6 Å². The van der Waals surface area contributed by atoms with Crippen molar-refractivity contribution in [2.45, 2.75) is 16.1 Å². The number of halogens is 1. The van der Waals surface area contributed by atoms with Crippen LogP contribution in [0.2, 0.25) is 0 Å². The first-order chi connectivity index (χ1) is 10.1. The van der Waals surface area contributed by atoms with Gasteiger partial charge >= 0.3 is 0 Å². The minimum atomic E-state index is -0.915. The van der Waals surface area contributed by atoms with Crippen molar-refractivity contribution in [2.24, 2.45) is 4.99 Å². The lowest BCUT2D eigenvalue weighted by atomic mass is 9.92. The molecule has 2 fully saturated rings. The van der Waals surface area contributed by atoms with Crippen LogP contribution in [0.4, 0.5) is 4.39 Å². The van der Waals surface area contributed by atoms with Gasteiger partial charge in [-0.05, 0) is 17.7 Å². The summed E-state index contributed by atoms with van der Waals surface area (Å²) >= 11 is 2.93. The van der Waals surface area contributed by atoms with Gasteiger partial charge in [-0.1, -0.05) is 23.9 Å². The first kappa shape index (κ1) is 13.6. The van der Waals surface area contributed by atoms with Crippen molar-refractivity contribution in [1.29, 1.82) is 0 Å². The second-order valence-corrected chi connectivity index (χ2v) is 7.68. The van der Waals surface area contributed by atoms with E-state index in [0.29, 0.717) is 24.0 Å². The highest BCUT2D eigenvalue weighted by Gasteiger charge is 2.64. The van der Waals surface area contributed by atoms with Crippen LogP contribution in [0.3, 0.4) is 0 Å². The maximum Gasteiger partial charge on any atom is 0.249 e. The van der Waals surface area contributed by atoms with Crippen molar-refractivity contribution in [3.8, 4) is 0 Å². The fourth-order valence-electron chi connectivity index (χ4n) is 3.08. The fraction of sp³-hybridized carbons (Fsp3) is 0.429. The molecule has 0 aliphatic carbocycles. The molecular formula is C14H13FN2O2S2. The van der Waals surface area contributed by atoms with E-state index < -0.39 is 10.9 Å². The number of fused-ring (bicyclic) bond motifs is 1. The molecule has 1 aromatic carbocycles. The maximum absolute atomic E-state index is 13.1. The highest BCUT2D eigenvalue weighted by atomic mass is 32.2. The number of carbonyl (C=O) groups excluding carboxylic acids is 1. The molecule has 3 atom stereocenters. The second kappa shape index (κ2) is 4.72. The Morgan fingerprint density at radius 1 is 1.38 bits per heavy atom. The van der Waals surface area contributed by atoms with Crippen LogP contribution in [0.15, 0.2) is 29.3 Å². The van der Waals surface area contributed by atoms with E-state index in [1.54, 1.807) is 28.8 Å². The predicted octanol–water partition coefficient (Wildman–Crippen LogP) is 1.66. The molecule has 4 nitrogen and oxygen atoms in total. The number of thioether (sulfide) groups is 2. The Hall–Kier alpha value is -1.05. The summed E-state index contributed by atoms with van der Waals surface area (Å²) in [6, 6.07) is 6.20. The van der Waals surface area contributed by atoms with E-state index in [-0.39, 0.29) is 17.0 Å². The number of rotatable bonds is 1. The van der Waals surface area contributed by atoms with E-state index in [0.717, 1.165) is 5.56 Å². The largest absolute Gasteiger partial charge is 0.390 e. The molecule has 2 saturated heterocycles. The van der Waals surface area contributed by atoms with Crippen LogP contribution in [0.1, 0.15) is 10.8 Å². The Bertz CT molecular complexity index is 636. The van der Waals surface area contributed by atoms with Crippen LogP contribution >= 0.6 is 23.5 Å². The molecule has 1 amide bonds. The van der Waals surface area contributed by atoms with Crippen molar-refractivity contribution >= 4 is 34.6 Å². The van der Waals surface area contributed by atoms with Crippen LogP contribution in [0.5, 0.6) is 0 Å². The normalized spacial score (nSPS) is 34.7. The lowest BCUT2D eigenvalue weighted by Gasteiger charge is -2.30. The Balaban J connectivity index is 1.78. The molecule has 3 unspecified atom stereocenters. The Kier molecular flexibility index (Phi) is 3.06. The molecule has 110 valence electrons. The average molecular weight is 324 g/mol. The molecule has 4 rings (SSSR count). The number of amides is 1. The molecule has 3 aliphatic rings. The number of carbonyl (C=O) groups is 1. The summed E-state index contributed by atoms with van der Waals surface area (Å²) in [6.45, 7) is 1.23. The molecule has 0 bridgehead atoms. The van der Waals surface area contributed by atoms with Crippen LogP contribution in [-0.4, -0.2) is 50.8 Å². The van der Waals surface area contributed by atoms with Crippen LogP contribution in [0.25, 0.3) is 0 Å². The number of aliphatic hydroxyl groups is 1. The van der Waals surface area contributed by atoms with E-state index in [4.69, 9.17) is 0 Å². The third-order valence-electron chi connectivity index (χ3n) is 4.12. The zero-order chi connectivity index (χ0) is 14.6. The molecule has 0 aromatic heterocycles. The van der Waals surface area contributed by atoms with Crippen LogP contribution in [0, 0.1) is 5.82 Å². The van der Waals surface area contributed by atoms with E-state index in [2.05, 4.69) is 4.99 Å². The number of nitrogens with zero attached hydrogens (tertiary/aromatic N) is 2. The van der Waals surface area contributed by atoms with Gasteiger partial charge in [-0.25, -0.2) is 4.39 Å². The molecular weight excluding hydrogens is 311 g/mol. The molecule has 7 heteroatoms. The van der Waals surface area contributed by atoms with Crippen molar-refractivity contribution in [3.05, 3.63) is 35.6 Å². The summed E-state index contributed by atoms with van der Waals surface area (Å²) in [5.74, 6) is 0.143. The third-order valence-corrected chi connectivity index (χ3v) is 7.31. The first-order valence-corrected chi connectivity index (χ1v) is 8.60. The average Bonchev–Trinajstić information content (AvgIpc) is 3.12. The third kappa shape index (κ3) is 1.80. The number of aliphatic imine (C=N–C) groups is 1. The van der Waals surface area contributed by atoms with Gasteiger partial charge in [0.05, 0.1) is 17.9 Å². The minimum absolute atomic E-state index is 0.0597. The topological polar surface area (TPSA) is 52.9 Å². The molecule has 0 radical (unpaired) electrons. The Morgan fingerprint density at radius 2 is 2.14 bits per heavy atom. The van der Waals surface area contributed by atoms with Crippen LogP contribution in [-0.2, 0) is 4.79 Å². The number of amidine groups is 1. The highest BCUT2D eigenvalue weighted by molar-refractivity contribution is 8.17. The molecule has 1 aromatic rings.